The van der Waals surface area contributed by atoms with Gasteiger partial charge in [-0.3, -0.25) is 4.79 Å². The van der Waals surface area contributed by atoms with Crippen LogP contribution >= 0.6 is 22.6 Å². The summed E-state index contributed by atoms with van der Waals surface area (Å²) in [5.41, 5.74) is 0.409. The van der Waals surface area contributed by atoms with Crippen LogP contribution in [0.3, 0.4) is 0 Å². The van der Waals surface area contributed by atoms with E-state index in [4.69, 9.17) is 5.11 Å². The second-order valence-corrected chi connectivity index (χ2v) is 4.33. The molecule has 0 unspecified atom stereocenters. The monoisotopic (exact) mass is 323 g/mol. The van der Waals surface area contributed by atoms with E-state index in [-0.39, 0.29) is 18.2 Å². The van der Waals surface area contributed by atoms with E-state index in [9.17, 15) is 9.18 Å². The van der Waals surface area contributed by atoms with Gasteiger partial charge in [0.15, 0.2) is 6.29 Å². The maximum Gasteiger partial charge on any atom is 0.155 e. The number of rotatable bonds is 4. The third-order valence-corrected chi connectivity index (χ3v) is 2.76. The van der Waals surface area contributed by atoms with Crippen LogP contribution in [0, 0.1) is 9.39 Å². The number of halogens is 2. The lowest BCUT2D eigenvalue weighted by atomic mass is 10.1. The molecule has 0 aliphatic rings. The molecule has 1 aromatic carbocycles. The minimum absolute atomic E-state index is 0.00204. The lowest BCUT2D eigenvalue weighted by molar-refractivity contribution is 0.112. The highest BCUT2D eigenvalue weighted by Crippen LogP contribution is 2.22. The van der Waals surface area contributed by atoms with Crippen LogP contribution in [0.25, 0.3) is 0 Å². The molecule has 0 aliphatic heterocycles. The predicted molar refractivity (Wildman–Crippen MR) is 64.7 cm³/mol. The first kappa shape index (κ1) is 12.4. The molecular weight excluding hydrogens is 312 g/mol. The normalized spacial score (nSPS) is 12.3. The number of hydrogen-bond donors (Lipinski definition) is 2. The maximum atomic E-state index is 13.5. The molecule has 1 rings (SSSR count). The first-order chi connectivity index (χ1) is 7.10. The fraction of sp³-hybridized carbons (Fsp3) is 0.300. The van der Waals surface area contributed by atoms with E-state index in [0.717, 1.165) is 0 Å². The standard InChI is InChI=1S/C10H11FINO2/c1-6(4-14)13-9-3-2-8(12)10(11)7(9)5-15/h2-3,5-6,13-14H,4H2,1H3/t6-/m0/s1. The van der Waals surface area contributed by atoms with Gasteiger partial charge < -0.3 is 10.4 Å². The fourth-order valence-corrected chi connectivity index (χ4v) is 1.59. The average molecular weight is 323 g/mol. The molecule has 0 radical (unpaired) electrons. The molecule has 1 aromatic rings. The molecule has 0 bridgehead atoms. The van der Waals surface area contributed by atoms with Crippen molar-refractivity contribution in [3.05, 3.63) is 27.1 Å². The summed E-state index contributed by atoms with van der Waals surface area (Å²) in [5, 5.41) is 11.7. The zero-order valence-electron chi connectivity index (χ0n) is 8.13. The van der Waals surface area contributed by atoms with E-state index >= 15 is 0 Å². The Morgan fingerprint density at radius 3 is 2.87 bits per heavy atom. The van der Waals surface area contributed by atoms with Gasteiger partial charge in [0.1, 0.15) is 5.82 Å². The molecule has 0 saturated heterocycles. The Morgan fingerprint density at radius 2 is 2.33 bits per heavy atom. The van der Waals surface area contributed by atoms with E-state index in [0.29, 0.717) is 15.5 Å². The molecule has 1 atom stereocenters. The van der Waals surface area contributed by atoms with Crippen LogP contribution in [0.5, 0.6) is 0 Å². The molecule has 5 heteroatoms. The summed E-state index contributed by atoms with van der Waals surface area (Å²) in [4.78, 5) is 10.7. The average Bonchev–Trinajstić information content (AvgIpc) is 2.24. The van der Waals surface area contributed by atoms with Crippen molar-refractivity contribution in [3.63, 3.8) is 0 Å². The van der Waals surface area contributed by atoms with E-state index < -0.39 is 5.82 Å². The van der Waals surface area contributed by atoms with Gasteiger partial charge in [-0.2, -0.15) is 0 Å². The lowest BCUT2D eigenvalue weighted by Gasteiger charge is -2.14. The molecule has 0 aromatic heterocycles. The molecule has 0 fully saturated rings. The Bertz CT molecular complexity index is 371. The highest BCUT2D eigenvalue weighted by Gasteiger charge is 2.12. The van der Waals surface area contributed by atoms with Crippen molar-refractivity contribution >= 4 is 34.6 Å². The minimum atomic E-state index is -0.527. The van der Waals surface area contributed by atoms with Gasteiger partial charge in [0.2, 0.25) is 0 Å². The van der Waals surface area contributed by atoms with Gasteiger partial charge in [0.05, 0.1) is 12.2 Å². The summed E-state index contributed by atoms with van der Waals surface area (Å²) in [7, 11) is 0. The Balaban J connectivity index is 3.07. The minimum Gasteiger partial charge on any atom is -0.394 e. The van der Waals surface area contributed by atoms with Crippen molar-refractivity contribution in [2.24, 2.45) is 0 Å². The van der Waals surface area contributed by atoms with E-state index in [2.05, 4.69) is 5.32 Å². The van der Waals surface area contributed by atoms with Crippen LogP contribution in [-0.2, 0) is 0 Å². The summed E-state index contributed by atoms with van der Waals surface area (Å²) in [5.74, 6) is -0.527. The first-order valence-corrected chi connectivity index (χ1v) is 5.48. The lowest BCUT2D eigenvalue weighted by Crippen LogP contribution is -2.20. The molecular formula is C10H11FINO2. The van der Waals surface area contributed by atoms with Gasteiger partial charge in [-0.15, -0.1) is 0 Å². The highest BCUT2D eigenvalue weighted by atomic mass is 127. The Hall–Kier alpha value is -0.690. The van der Waals surface area contributed by atoms with Crippen LogP contribution in [0.15, 0.2) is 12.1 Å². The van der Waals surface area contributed by atoms with Crippen molar-refractivity contribution < 1.29 is 14.3 Å². The van der Waals surface area contributed by atoms with Crippen molar-refractivity contribution in [2.45, 2.75) is 13.0 Å². The third-order valence-electron chi connectivity index (χ3n) is 1.93. The smallest absolute Gasteiger partial charge is 0.155 e. The maximum absolute atomic E-state index is 13.5. The van der Waals surface area contributed by atoms with Gasteiger partial charge in [-0.1, -0.05) is 0 Å². The molecule has 82 valence electrons. The zero-order valence-corrected chi connectivity index (χ0v) is 10.3. The molecule has 15 heavy (non-hydrogen) atoms. The van der Waals surface area contributed by atoms with Crippen molar-refractivity contribution in [1.29, 1.82) is 0 Å². The van der Waals surface area contributed by atoms with Gasteiger partial charge >= 0.3 is 0 Å². The molecule has 3 nitrogen and oxygen atoms in total. The topological polar surface area (TPSA) is 49.3 Å². The van der Waals surface area contributed by atoms with Gasteiger partial charge in [-0.05, 0) is 41.6 Å². The number of aldehydes is 1. The van der Waals surface area contributed by atoms with E-state index in [1.807, 2.05) is 22.6 Å². The summed E-state index contributed by atoms with van der Waals surface area (Å²) >= 11 is 1.82. The van der Waals surface area contributed by atoms with Gasteiger partial charge in [0, 0.05) is 15.3 Å². The molecule has 0 saturated carbocycles. The van der Waals surface area contributed by atoms with E-state index in [1.54, 1.807) is 19.1 Å². The molecule has 0 spiro atoms. The number of nitrogens with one attached hydrogen (secondary N) is 1. The second-order valence-electron chi connectivity index (χ2n) is 3.17. The number of benzene rings is 1. The Morgan fingerprint density at radius 1 is 1.67 bits per heavy atom. The quantitative estimate of drug-likeness (QED) is 0.659. The molecule has 2 N–H and O–H groups in total. The molecule has 0 aliphatic carbocycles. The van der Waals surface area contributed by atoms with Crippen molar-refractivity contribution in [3.8, 4) is 0 Å². The van der Waals surface area contributed by atoms with Crippen molar-refractivity contribution in [1.82, 2.24) is 0 Å². The number of hydrogen-bond acceptors (Lipinski definition) is 3. The van der Waals surface area contributed by atoms with E-state index in [1.165, 1.54) is 0 Å². The number of aliphatic hydroxyl groups excluding tert-OH is 1. The third kappa shape index (κ3) is 2.88. The molecule has 0 amide bonds. The second kappa shape index (κ2) is 5.41. The van der Waals surface area contributed by atoms with Crippen LogP contribution in [0.4, 0.5) is 10.1 Å². The number of aliphatic hydroxyl groups is 1. The summed E-state index contributed by atoms with van der Waals surface area (Å²) < 4.78 is 13.9. The highest BCUT2D eigenvalue weighted by molar-refractivity contribution is 14.1. The van der Waals surface area contributed by atoms with Crippen LogP contribution in [-0.4, -0.2) is 24.0 Å². The van der Waals surface area contributed by atoms with Crippen LogP contribution in [0.2, 0.25) is 0 Å². The van der Waals surface area contributed by atoms with Gasteiger partial charge in [0.25, 0.3) is 0 Å². The SMILES string of the molecule is C[C@@H](CO)Nc1ccc(I)c(F)c1C=O. The fourth-order valence-electron chi connectivity index (χ4n) is 1.12. The van der Waals surface area contributed by atoms with Crippen molar-refractivity contribution in [2.75, 3.05) is 11.9 Å². The number of carbonyl (C=O) groups is 1. The summed E-state index contributed by atoms with van der Waals surface area (Å²) in [6.07, 6.45) is 0.476. The Kier molecular flexibility index (Phi) is 4.46. The summed E-state index contributed by atoms with van der Waals surface area (Å²) in [6.45, 7) is 1.66. The largest absolute Gasteiger partial charge is 0.394 e. The molecule has 0 heterocycles. The van der Waals surface area contributed by atoms with Crippen LogP contribution in [0.1, 0.15) is 17.3 Å². The zero-order chi connectivity index (χ0) is 11.4. The number of carbonyl (C=O) groups excluding carboxylic acids is 1. The predicted octanol–water partition coefficient (Wildman–Crippen LogP) is 2.04. The van der Waals surface area contributed by atoms with Crippen LogP contribution < -0.4 is 5.32 Å². The number of anilines is 1. The Labute approximate surface area is 101 Å². The summed E-state index contributed by atoms with van der Waals surface area (Å²) in [6, 6.07) is 2.99. The first-order valence-electron chi connectivity index (χ1n) is 4.40. The van der Waals surface area contributed by atoms with Gasteiger partial charge in [-0.25, -0.2) is 4.39 Å².